The maximum atomic E-state index is 6.48. The van der Waals surface area contributed by atoms with Crippen LogP contribution in [-0.2, 0) is 21.1 Å². The molecule has 0 saturated carbocycles. The smallest absolute Gasteiger partial charge is 0.497 e. The van der Waals surface area contributed by atoms with Crippen molar-refractivity contribution in [1.82, 2.24) is 28.7 Å². The Morgan fingerprint density at radius 1 is 0.558 bits per heavy atom. The third-order valence-corrected chi connectivity index (χ3v) is 10.2. The minimum Gasteiger partial charge on any atom is -0.497 e. The van der Waals surface area contributed by atoms with E-state index in [1.54, 1.807) is 12.5 Å². The van der Waals surface area contributed by atoms with Gasteiger partial charge in [-0.05, 0) is 83.7 Å². The van der Waals surface area contributed by atoms with Crippen molar-refractivity contribution in [2.75, 3.05) is 0 Å². The van der Waals surface area contributed by atoms with Crippen molar-refractivity contribution < 1.29 is 25.8 Å². The molecule has 0 saturated heterocycles. The average Bonchev–Trinajstić information content (AvgIpc) is 3.84. The summed E-state index contributed by atoms with van der Waals surface area (Å²) in [5.41, 5.74) is 13.4. The molecule has 52 heavy (non-hydrogen) atoms. The van der Waals surface area contributed by atoms with E-state index in [9.17, 15) is 0 Å². The van der Waals surface area contributed by atoms with Gasteiger partial charge in [0.05, 0.1) is 11.3 Å². The Labute approximate surface area is 313 Å². The third-order valence-electron chi connectivity index (χ3n) is 10.2. The average molecular weight is 854 g/mol. The second kappa shape index (κ2) is 12.1. The summed E-state index contributed by atoms with van der Waals surface area (Å²) >= 11 is 0. The second-order valence-corrected chi connectivity index (χ2v) is 13.3. The molecule has 0 bridgehead atoms. The van der Waals surface area contributed by atoms with Gasteiger partial charge < -0.3 is 13.5 Å². The molecule has 5 aromatic heterocycles. The number of imidazole rings is 2. The van der Waals surface area contributed by atoms with Crippen molar-refractivity contribution >= 4 is 54.8 Å². The van der Waals surface area contributed by atoms with Crippen molar-refractivity contribution in [3.05, 3.63) is 144 Å². The van der Waals surface area contributed by atoms with E-state index in [0.717, 1.165) is 54.8 Å². The number of fused-ring (bicyclic) bond motifs is 12. The van der Waals surface area contributed by atoms with Crippen molar-refractivity contribution in [3.63, 3.8) is 0 Å². The minimum atomic E-state index is 0. The minimum absolute atomic E-state index is 0. The number of hydrogen-bond acceptors (Lipinski definition) is 5. The summed E-state index contributed by atoms with van der Waals surface area (Å²) in [4.78, 5) is 18.2. The van der Waals surface area contributed by atoms with Crippen LogP contribution >= 0.6 is 0 Å². The molecule has 7 nitrogen and oxygen atoms in total. The van der Waals surface area contributed by atoms with Crippen LogP contribution in [0.3, 0.4) is 0 Å². The number of nitrogens with zero attached hydrogens (tertiary/aromatic N) is 6. The largest absolute Gasteiger partial charge is 2.00 e. The number of benzene rings is 5. The molecule has 0 fully saturated rings. The summed E-state index contributed by atoms with van der Waals surface area (Å²) in [6, 6.07) is 32.9. The molecule has 8 heteroatoms. The number of aromatic nitrogens is 6. The standard InChI is InChI=1S/C44H30N6O.Pt/c1-25-7-5-8-26(2)40(25)34-21-33-31-13-11-29(51-30-12-14-32-37(20-30)43-47-16-18-50(43)44-38(32)23-45-24-48-44)19-36(31)42-46-15-17-49(42)39(33)22-35(34)41-27(3)9-6-10-28(41)4;/h5-18,21-24H,1-4H3;/q-2;+2. The molecule has 0 aliphatic carbocycles. The van der Waals surface area contributed by atoms with Gasteiger partial charge in [-0.3, -0.25) is 9.97 Å². The summed E-state index contributed by atoms with van der Waals surface area (Å²) in [7, 11) is 0. The fraction of sp³-hybridized carbons (Fsp3) is 0.0909. The topological polar surface area (TPSA) is 69.6 Å². The van der Waals surface area contributed by atoms with Gasteiger partial charge in [-0.2, -0.15) is 0 Å². The molecule has 252 valence electrons. The van der Waals surface area contributed by atoms with Gasteiger partial charge in [0, 0.05) is 53.4 Å². The summed E-state index contributed by atoms with van der Waals surface area (Å²) < 4.78 is 10.6. The van der Waals surface area contributed by atoms with Crippen LogP contribution in [-0.4, -0.2) is 28.7 Å². The maximum absolute atomic E-state index is 6.48. The van der Waals surface area contributed by atoms with E-state index in [4.69, 9.17) is 9.72 Å². The van der Waals surface area contributed by atoms with Crippen LogP contribution in [0.1, 0.15) is 22.3 Å². The molecule has 0 amide bonds. The number of aryl methyl sites for hydroxylation is 4. The van der Waals surface area contributed by atoms with Crippen molar-refractivity contribution in [2.45, 2.75) is 27.7 Å². The van der Waals surface area contributed by atoms with Crippen LogP contribution in [0.15, 0.2) is 110 Å². The first kappa shape index (κ1) is 32.0. The van der Waals surface area contributed by atoms with Crippen LogP contribution in [0, 0.1) is 39.8 Å². The van der Waals surface area contributed by atoms with Crippen LogP contribution in [0.2, 0.25) is 0 Å². The molecular formula is C44H30N6OPt. The van der Waals surface area contributed by atoms with Gasteiger partial charge in [-0.15, -0.1) is 12.1 Å². The fourth-order valence-corrected chi connectivity index (χ4v) is 7.93. The summed E-state index contributed by atoms with van der Waals surface area (Å²) in [6.45, 7) is 8.80. The number of pyridine rings is 2. The van der Waals surface area contributed by atoms with Crippen LogP contribution in [0.5, 0.6) is 11.5 Å². The van der Waals surface area contributed by atoms with E-state index < -0.39 is 0 Å². The Morgan fingerprint density at radius 3 is 1.71 bits per heavy atom. The molecule has 0 atom stereocenters. The molecule has 0 spiro atoms. The maximum Gasteiger partial charge on any atom is 2.00 e. The van der Waals surface area contributed by atoms with E-state index in [1.165, 1.54) is 44.5 Å². The van der Waals surface area contributed by atoms with Gasteiger partial charge in [-0.25, -0.2) is 9.97 Å². The predicted octanol–water partition coefficient (Wildman–Crippen LogP) is 10.3. The first-order chi connectivity index (χ1) is 24.9. The number of ether oxygens (including phenoxy) is 1. The van der Waals surface area contributed by atoms with Gasteiger partial charge in [0.15, 0.2) is 0 Å². The number of rotatable bonds is 4. The first-order valence-electron chi connectivity index (χ1n) is 17.0. The molecular weight excluding hydrogens is 824 g/mol. The molecule has 0 aliphatic heterocycles. The molecule has 0 aliphatic rings. The molecule has 0 N–H and O–H groups in total. The van der Waals surface area contributed by atoms with E-state index in [-0.39, 0.29) is 21.1 Å². The number of hydrogen-bond donors (Lipinski definition) is 0. The van der Waals surface area contributed by atoms with E-state index in [0.29, 0.717) is 11.5 Å². The predicted molar refractivity (Wildman–Crippen MR) is 204 cm³/mol. The van der Waals surface area contributed by atoms with Crippen LogP contribution in [0.25, 0.3) is 77.0 Å². The molecule has 5 aromatic carbocycles. The first-order valence-corrected chi connectivity index (χ1v) is 17.0. The molecule has 10 rings (SSSR count). The third kappa shape index (κ3) is 4.76. The zero-order valence-corrected chi connectivity index (χ0v) is 31.1. The van der Waals surface area contributed by atoms with Crippen LogP contribution < -0.4 is 4.74 Å². The second-order valence-electron chi connectivity index (χ2n) is 13.3. The van der Waals surface area contributed by atoms with Crippen molar-refractivity contribution in [2.24, 2.45) is 0 Å². The van der Waals surface area contributed by atoms with Gasteiger partial charge in [0.2, 0.25) is 0 Å². The van der Waals surface area contributed by atoms with Gasteiger partial charge in [-0.1, -0.05) is 88.3 Å². The SMILES string of the molecule is Cc1cccc(C)c1-c1cc2c3ccc(Oc4[c-]c5c(cc4)c4cncnc4n4ccnc54)[c-]c3c3nccn3c2cc1-c1c(C)cccc1C.[Pt+2]. The summed E-state index contributed by atoms with van der Waals surface area (Å²) in [5, 5.41) is 5.79. The Morgan fingerprint density at radius 2 is 1.10 bits per heavy atom. The van der Waals surface area contributed by atoms with Crippen LogP contribution in [0.4, 0.5) is 0 Å². The Bertz CT molecular complexity index is 3030. The van der Waals surface area contributed by atoms with Crippen molar-refractivity contribution in [1.29, 1.82) is 0 Å². The van der Waals surface area contributed by atoms with Gasteiger partial charge >= 0.3 is 21.1 Å². The molecule has 0 unspecified atom stereocenters. The Balaban J connectivity index is 0.00000360. The van der Waals surface area contributed by atoms with Gasteiger partial charge in [0.1, 0.15) is 12.0 Å². The quantitative estimate of drug-likeness (QED) is 0.130. The monoisotopic (exact) mass is 853 g/mol. The summed E-state index contributed by atoms with van der Waals surface area (Å²) in [6.07, 6.45) is 10.9. The van der Waals surface area contributed by atoms with Gasteiger partial charge in [0.25, 0.3) is 0 Å². The summed E-state index contributed by atoms with van der Waals surface area (Å²) in [5.74, 6) is 1.14. The van der Waals surface area contributed by atoms with Crippen molar-refractivity contribution in [3.8, 4) is 33.8 Å². The van der Waals surface area contributed by atoms with E-state index in [1.807, 2.05) is 47.4 Å². The van der Waals surface area contributed by atoms with E-state index in [2.05, 4.69) is 114 Å². The zero-order valence-electron chi connectivity index (χ0n) is 28.8. The molecule has 5 heterocycles. The molecule has 10 aromatic rings. The Kier molecular flexibility index (Phi) is 7.46. The Hall–Kier alpha value is -5.91. The fourth-order valence-electron chi connectivity index (χ4n) is 7.93. The molecule has 0 radical (unpaired) electrons. The normalized spacial score (nSPS) is 11.7. The zero-order chi connectivity index (χ0) is 34.4. The van der Waals surface area contributed by atoms with E-state index >= 15 is 0 Å².